The topological polar surface area (TPSA) is 110 Å². The van der Waals surface area contributed by atoms with E-state index in [1.54, 1.807) is 36.1 Å². The summed E-state index contributed by atoms with van der Waals surface area (Å²) in [5, 5.41) is 0.0541. The Bertz CT molecular complexity index is 1460. The van der Waals surface area contributed by atoms with Crippen LogP contribution in [-0.4, -0.2) is 41.4 Å². The number of carbonyl (C=O) groups excluding carboxylic acids is 1. The number of rotatable bonds is 5. The molecule has 0 aliphatic carbocycles. The van der Waals surface area contributed by atoms with Crippen LogP contribution in [-0.2, 0) is 28.4 Å². The number of aromatic nitrogens is 2. The number of benzene rings is 2. The second kappa shape index (κ2) is 9.46. The van der Waals surface area contributed by atoms with E-state index in [-0.39, 0.29) is 22.7 Å². The van der Waals surface area contributed by atoms with E-state index < -0.39 is 21.3 Å². The Morgan fingerprint density at radius 3 is 2.35 bits per heavy atom. The molecule has 0 saturated carbocycles. The summed E-state index contributed by atoms with van der Waals surface area (Å²) in [5.74, 6) is -0.287. The summed E-state index contributed by atoms with van der Waals surface area (Å²) >= 11 is 0. The van der Waals surface area contributed by atoms with Crippen LogP contribution < -0.4 is 16.0 Å². The molecule has 10 heteroatoms. The van der Waals surface area contributed by atoms with Gasteiger partial charge in [0.25, 0.3) is 15.6 Å². The summed E-state index contributed by atoms with van der Waals surface area (Å²) in [5.41, 5.74) is 0.180. The number of nitrogens with zero attached hydrogens (tertiary/aromatic N) is 3. The van der Waals surface area contributed by atoms with Gasteiger partial charge in [-0.05, 0) is 49.6 Å². The third-order valence-corrected chi connectivity index (χ3v) is 7.64. The molecule has 0 atom stereocenters. The van der Waals surface area contributed by atoms with Gasteiger partial charge in [-0.15, -0.1) is 0 Å². The molecule has 1 fully saturated rings. The van der Waals surface area contributed by atoms with Gasteiger partial charge in [-0.2, -0.15) is 0 Å². The van der Waals surface area contributed by atoms with E-state index in [0.29, 0.717) is 24.3 Å². The monoisotopic (exact) mass is 484 g/mol. The van der Waals surface area contributed by atoms with Crippen molar-refractivity contribution in [1.29, 1.82) is 0 Å². The number of nitrogens with one attached hydrogen (secondary N) is 1. The van der Waals surface area contributed by atoms with Gasteiger partial charge >= 0.3 is 5.69 Å². The summed E-state index contributed by atoms with van der Waals surface area (Å²) < 4.78 is 30.7. The van der Waals surface area contributed by atoms with E-state index in [2.05, 4.69) is 4.72 Å². The Labute approximate surface area is 197 Å². The number of aryl methyl sites for hydroxylation is 2. The Balaban J connectivity index is 1.74. The molecule has 0 radical (unpaired) electrons. The Kier molecular flexibility index (Phi) is 6.60. The second-order valence-corrected chi connectivity index (χ2v) is 10.3. The molecule has 0 unspecified atom stereocenters. The van der Waals surface area contributed by atoms with E-state index >= 15 is 0 Å². The molecule has 0 spiro atoms. The average molecular weight is 485 g/mol. The number of amides is 1. The fraction of sp³-hybridized carbons (Fsp3) is 0.375. The smallest absolute Gasteiger partial charge is 0.331 e. The number of hydrogen-bond acceptors (Lipinski definition) is 5. The molecular formula is C24H28N4O5S. The van der Waals surface area contributed by atoms with Crippen LogP contribution in [0.25, 0.3) is 10.9 Å². The van der Waals surface area contributed by atoms with Crippen molar-refractivity contribution in [1.82, 2.24) is 14.0 Å². The zero-order valence-electron chi connectivity index (χ0n) is 19.3. The third-order valence-electron chi connectivity index (χ3n) is 6.27. The molecule has 1 aliphatic heterocycles. The highest BCUT2D eigenvalue weighted by Crippen LogP contribution is 2.21. The van der Waals surface area contributed by atoms with Crippen molar-refractivity contribution in [3.05, 3.63) is 68.9 Å². The van der Waals surface area contributed by atoms with Gasteiger partial charge in [0.15, 0.2) is 0 Å². The number of likely N-dealkylation sites (tertiary alicyclic amines) is 1. The van der Waals surface area contributed by atoms with Gasteiger partial charge in [-0.1, -0.05) is 31.0 Å². The van der Waals surface area contributed by atoms with Crippen LogP contribution in [0.2, 0.25) is 0 Å². The molecule has 1 aliphatic rings. The molecule has 180 valence electrons. The molecule has 0 bridgehead atoms. The quantitative estimate of drug-likeness (QED) is 0.597. The second-order valence-electron chi connectivity index (χ2n) is 8.63. The lowest BCUT2D eigenvalue weighted by Crippen LogP contribution is -2.44. The van der Waals surface area contributed by atoms with Gasteiger partial charge in [-0.25, -0.2) is 13.2 Å². The molecule has 9 nitrogen and oxygen atoms in total. The number of para-hydroxylation sites is 1. The lowest BCUT2D eigenvalue weighted by molar-refractivity contribution is -0.131. The molecule has 1 N–H and O–H groups in total. The molecule has 3 aromatic rings. The van der Waals surface area contributed by atoms with Crippen LogP contribution in [0.1, 0.15) is 31.2 Å². The van der Waals surface area contributed by atoms with Crippen molar-refractivity contribution < 1.29 is 13.2 Å². The number of carbonyl (C=O) groups is 1. The molecule has 1 saturated heterocycles. The minimum absolute atomic E-state index is 0.0541. The Morgan fingerprint density at radius 2 is 1.68 bits per heavy atom. The highest BCUT2D eigenvalue weighted by molar-refractivity contribution is 7.92. The fourth-order valence-corrected chi connectivity index (χ4v) is 5.40. The van der Waals surface area contributed by atoms with Gasteiger partial charge in [-0.3, -0.25) is 23.4 Å². The summed E-state index contributed by atoms with van der Waals surface area (Å²) in [4.78, 5) is 40.5. The maximum atomic E-state index is 13.2. The Hall–Kier alpha value is -3.40. The van der Waals surface area contributed by atoms with Crippen molar-refractivity contribution in [2.75, 3.05) is 17.8 Å². The van der Waals surface area contributed by atoms with E-state index in [0.717, 1.165) is 35.8 Å². The van der Waals surface area contributed by atoms with Crippen LogP contribution in [0.4, 0.5) is 5.69 Å². The summed E-state index contributed by atoms with van der Waals surface area (Å²) in [6.45, 7) is 2.62. The largest absolute Gasteiger partial charge is 0.341 e. The number of anilines is 1. The van der Waals surface area contributed by atoms with Crippen molar-refractivity contribution in [3.63, 3.8) is 0 Å². The molecule has 2 aromatic carbocycles. The van der Waals surface area contributed by atoms with Gasteiger partial charge < -0.3 is 4.90 Å². The minimum Gasteiger partial charge on any atom is -0.341 e. The fourth-order valence-electron chi connectivity index (χ4n) is 4.25. The van der Waals surface area contributed by atoms with Crippen LogP contribution in [0.15, 0.2) is 56.9 Å². The number of hydrogen-bond donors (Lipinski definition) is 1. The summed E-state index contributed by atoms with van der Waals surface area (Å²) in [6, 6.07) is 11.0. The summed E-state index contributed by atoms with van der Waals surface area (Å²) in [6.07, 6.45) is 3.89. The van der Waals surface area contributed by atoms with Crippen LogP contribution in [0.5, 0.6) is 0 Å². The predicted molar refractivity (Wildman–Crippen MR) is 130 cm³/mol. The first-order chi connectivity index (χ1) is 16.2. The highest BCUT2D eigenvalue weighted by Gasteiger charge is 2.21. The van der Waals surface area contributed by atoms with Crippen LogP contribution in [0, 0.1) is 6.92 Å². The van der Waals surface area contributed by atoms with E-state index in [1.165, 1.54) is 29.8 Å². The molecule has 1 amide bonds. The van der Waals surface area contributed by atoms with Gasteiger partial charge in [0.05, 0.1) is 21.5 Å². The summed E-state index contributed by atoms with van der Waals surface area (Å²) in [7, 11) is -2.49. The van der Waals surface area contributed by atoms with Crippen LogP contribution >= 0.6 is 0 Å². The molecule has 1 aromatic heterocycles. The average Bonchev–Trinajstić information content (AvgIpc) is 3.11. The molecule has 34 heavy (non-hydrogen) atoms. The van der Waals surface area contributed by atoms with Crippen molar-refractivity contribution in [2.45, 2.75) is 44.0 Å². The first-order valence-corrected chi connectivity index (χ1v) is 12.8. The van der Waals surface area contributed by atoms with Crippen molar-refractivity contribution in [2.24, 2.45) is 7.05 Å². The predicted octanol–water partition coefficient (Wildman–Crippen LogP) is 2.21. The lowest BCUT2D eigenvalue weighted by atomic mass is 10.2. The number of sulfonamides is 1. The van der Waals surface area contributed by atoms with Gasteiger partial charge in [0.1, 0.15) is 6.54 Å². The SMILES string of the molecule is Cc1ccccc1NS(=O)(=O)c1ccc2c(c1)c(=O)n(CC(=O)N1CCCCCC1)c(=O)n2C. The zero-order valence-corrected chi connectivity index (χ0v) is 20.1. The maximum absolute atomic E-state index is 13.2. The normalized spacial score (nSPS) is 14.7. The maximum Gasteiger partial charge on any atom is 0.331 e. The van der Waals surface area contributed by atoms with Crippen molar-refractivity contribution in [3.8, 4) is 0 Å². The molecule has 2 heterocycles. The Morgan fingerprint density at radius 1 is 1.00 bits per heavy atom. The molecular weight excluding hydrogens is 456 g/mol. The van der Waals surface area contributed by atoms with Gasteiger partial charge in [0, 0.05) is 20.1 Å². The minimum atomic E-state index is -3.98. The van der Waals surface area contributed by atoms with Gasteiger partial charge in [0.2, 0.25) is 5.91 Å². The first kappa shape index (κ1) is 23.7. The van der Waals surface area contributed by atoms with E-state index in [9.17, 15) is 22.8 Å². The van der Waals surface area contributed by atoms with Crippen LogP contribution in [0.3, 0.4) is 0 Å². The lowest BCUT2D eigenvalue weighted by Gasteiger charge is -2.21. The third kappa shape index (κ3) is 4.63. The highest BCUT2D eigenvalue weighted by atomic mass is 32.2. The van der Waals surface area contributed by atoms with Crippen molar-refractivity contribution >= 4 is 32.5 Å². The standard InChI is InChI=1S/C24H28N4O5S/c1-17-9-5-6-10-20(17)25-34(32,33)18-11-12-21-19(15-18)23(30)28(24(31)26(21)2)16-22(29)27-13-7-3-4-8-14-27/h5-6,9-12,15,25H,3-4,7-8,13-14,16H2,1-2H3. The van der Waals surface area contributed by atoms with E-state index in [4.69, 9.17) is 0 Å². The molecule has 4 rings (SSSR count). The zero-order chi connectivity index (χ0) is 24.5. The number of fused-ring (bicyclic) bond motifs is 1. The first-order valence-electron chi connectivity index (χ1n) is 11.3. The van der Waals surface area contributed by atoms with E-state index in [1.807, 2.05) is 0 Å².